The topological polar surface area (TPSA) is 84.5 Å². The number of carbonyl (C=O) groups excluding carboxylic acids is 1. The van der Waals surface area contributed by atoms with E-state index in [9.17, 15) is 17.6 Å². The van der Waals surface area contributed by atoms with E-state index in [1.807, 2.05) is 6.92 Å². The Labute approximate surface area is 185 Å². The molecule has 3 aromatic carbocycles. The first-order chi connectivity index (χ1) is 14.8. The van der Waals surface area contributed by atoms with E-state index in [2.05, 4.69) is 10.0 Å². The molecule has 0 aliphatic heterocycles. The lowest BCUT2D eigenvalue weighted by atomic mass is 10.2. The molecule has 9 heteroatoms. The summed E-state index contributed by atoms with van der Waals surface area (Å²) >= 11 is 5.94. The molecule has 1 amide bonds. The first-order valence-electron chi connectivity index (χ1n) is 9.38. The summed E-state index contributed by atoms with van der Waals surface area (Å²) in [6, 6.07) is 17.4. The lowest BCUT2D eigenvalue weighted by molar-refractivity contribution is -0.122. The van der Waals surface area contributed by atoms with Crippen LogP contribution in [0.4, 0.5) is 15.8 Å². The number of hydrogen-bond acceptors (Lipinski definition) is 4. The fourth-order valence-corrected chi connectivity index (χ4v) is 3.94. The molecular formula is C22H20ClFN2O4S. The fraction of sp³-hybridized carbons (Fsp3) is 0.136. The molecule has 31 heavy (non-hydrogen) atoms. The van der Waals surface area contributed by atoms with Gasteiger partial charge in [-0.1, -0.05) is 24.6 Å². The number of rotatable bonds is 8. The van der Waals surface area contributed by atoms with Crippen LogP contribution in [0.15, 0.2) is 77.7 Å². The second-order valence-electron chi connectivity index (χ2n) is 6.60. The third kappa shape index (κ3) is 6.19. The second-order valence-corrected chi connectivity index (χ2v) is 8.72. The van der Waals surface area contributed by atoms with Gasteiger partial charge in [-0.3, -0.25) is 9.52 Å². The van der Waals surface area contributed by atoms with Gasteiger partial charge >= 0.3 is 0 Å². The number of anilines is 2. The maximum Gasteiger partial charge on any atom is 0.265 e. The number of sulfonamides is 1. The molecule has 3 aromatic rings. The summed E-state index contributed by atoms with van der Waals surface area (Å²) in [5, 5.41) is 3.21. The lowest BCUT2D eigenvalue weighted by Crippen LogP contribution is -2.32. The van der Waals surface area contributed by atoms with Gasteiger partial charge in [0.05, 0.1) is 4.90 Å². The minimum atomic E-state index is -3.86. The van der Waals surface area contributed by atoms with Gasteiger partial charge in [-0.05, 0) is 73.2 Å². The fourth-order valence-electron chi connectivity index (χ4n) is 2.70. The van der Waals surface area contributed by atoms with Crippen LogP contribution in [0.1, 0.15) is 13.3 Å². The molecule has 0 saturated carbocycles. The van der Waals surface area contributed by atoms with E-state index in [4.69, 9.17) is 16.3 Å². The Morgan fingerprint density at radius 2 is 1.68 bits per heavy atom. The zero-order chi connectivity index (χ0) is 22.4. The van der Waals surface area contributed by atoms with Gasteiger partial charge in [0.2, 0.25) is 0 Å². The van der Waals surface area contributed by atoms with Crippen LogP contribution in [-0.4, -0.2) is 20.4 Å². The molecule has 0 heterocycles. The summed E-state index contributed by atoms with van der Waals surface area (Å²) in [4.78, 5) is 12.6. The smallest absolute Gasteiger partial charge is 0.265 e. The highest BCUT2D eigenvalue weighted by Gasteiger charge is 2.19. The quantitative estimate of drug-likeness (QED) is 0.489. The zero-order valence-corrected chi connectivity index (χ0v) is 18.1. The van der Waals surface area contributed by atoms with Crippen LogP contribution in [0.25, 0.3) is 0 Å². The van der Waals surface area contributed by atoms with Crippen LogP contribution in [0.3, 0.4) is 0 Å². The third-order valence-corrected chi connectivity index (χ3v) is 5.90. The average Bonchev–Trinajstić information content (AvgIpc) is 2.74. The molecule has 162 valence electrons. The molecule has 0 spiro atoms. The van der Waals surface area contributed by atoms with Gasteiger partial charge in [-0.25, -0.2) is 12.8 Å². The number of nitrogens with one attached hydrogen (secondary N) is 2. The highest BCUT2D eigenvalue weighted by Crippen LogP contribution is 2.21. The first kappa shape index (κ1) is 22.6. The van der Waals surface area contributed by atoms with E-state index < -0.39 is 21.9 Å². The molecular weight excluding hydrogens is 443 g/mol. The average molecular weight is 463 g/mol. The van der Waals surface area contributed by atoms with E-state index in [0.29, 0.717) is 22.9 Å². The standard InChI is InChI=1S/C22H20ClFN2O4S/c1-2-21(30-19-5-3-4-15(23)14-19)22(27)25-17-10-12-20(13-11-17)31(28,29)26-18-8-6-16(24)7-9-18/h3-14,21,26H,2H2,1H3,(H,25,27)/t21-/m0/s1. The van der Waals surface area contributed by atoms with Crippen LogP contribution in [0.5, 0.6) is 5.75 Å². The van der Waals surface area contributed by atoms with Crippen molar-refractivity contribution < 1.29 is 22.3 Å². The van der Waals surface area contributed by atoms with Crippen molar-refractivity contribution in [1.82, 2.24) is 0 Å². The predicted molar refractivity (Wildman–Crippen MR) is 118 cm³/mol. The van der Waals surface area contributed by atoms with Gasteiger partial charge in [0.25, 0.3) is 15.9 Å². The van der Waals surface area contributed by atoms with Crippen LogP contribution >= 0.6 is 11.6 Å². The zero-order valence-electron chi connectivity index (χ0n) is 16.5. The first-order valence-corrected chi connectivity index (χ1v) is 11.2. The van der Waals surface area contributed by atoms with Gasteiger partial charge in [0, 0.05) is 16.4 Å². The largest absolute Gasteiger partial charge is 0.481 e. The SMILES string of the molecule is CC[C@H](Oc1cccc(Cl)c1)C(=O)Nc1ccc(S(=O)(=O)Nc2ccc(F)cc2)cc1. The Hall–Kier alpha value is -3.10. The monoisotopic (exact) mass is 462 g/mol. The number of amides is 1. The Morgan fingerprint density at radius 1 is 1.03 bits per heavy atom. The molecule has 0 radical (unpaired) electrons. The van der Waals surface area contributed by atoms with Crippen molar-refractivity contribution in [3.8, 4) is 5.75 Å². The van der Waals surface area contributed by atoms with Crippen LogP contribution in [-0.2, 0) is 14.8 Å². The van der Waals surface area contributed by atoms with Crippen molar-refractivity contribution in [2.75, 3.05) is 10.0 Å². The van der Waals surface area contributed by atoms with Gasteiger partial charge in [-0.15, -0.1) is 0 Å². The Bertz CT molecular complexity index is 1150. The molecule has 1 atom stereocenters. The van der Waals surface area contributed by atoms with E-state index in [1.165, 1.54) is 36.4 Å². The number of carbonyl (C=O) groups is 1. The molecule has 0 fully saturated rings. The maximum absolute atomic E-state index is 13.0. The van der Waals surface area contributed by atoms with E-state index in [1.54, 1.807) is 24.3 Å². The molecule has 3 rings (SSSR count). The molecule has 6 nitrogen and oxygen atoms in total. The minimum Gasteiger partial charge on any atom is -0.481 e. The summed E-state index contributed by atoms with van der Waals surface area (Å²) < 4.78 is 46.0. The number of ether oxygens (including phenoxy) is 1. The summed E-state index contributed by atoms with van der Waals surface area (Å²) in [5.41, 5.74) is 0.654. The molecule has 0 bridgehead atoms. The van der Waals surface area contributed by atoms with Gasteiger partial charge in [0.1, 0.15) is 11.6 Å². The van der Waals surface area contributed by atoms with Crippen LogP contribution in [0, 0.1) is 5.82 Å². The van der Waals surface area contributed by atoms with Crippen molar-refractivity contribution in [1.29, 1.82) is 0 Å². The van der Waals surface area contributed by atoms with Crippen molar-refractivity contribution in [3.63, 3.8) is 0 Å². The van der Waals surface area contributed by atoms with Crippen molar-refractivity contribution in [3.05, 3.63) is 83.6 Å². The number of benzene rings is 3. The Kier molecular flexibility index (Phi) is 7.14. The maximum atomic E-state index is 13.0. The summed E-state index contributed by atoms with van der Waals surface area (Å²) in [6.45, 7) is 1.81. The van der Waals surface area contributed by atoms with Gasteiger partial charge < -0.3 is 10.1 Å². The molecule has 0 aliphatic rings. The summed E-state index contributed by atoms with van der Waals surface area (Å²) in [6.07, 6.45) is -0.325. The van der Waals surface area contributed by atoms with Crippen molar-refractivity contribution >= 4 is 38.9 Å². The lowest BCUT2D eigenvalue weighted by Gasteiger charge is -2.17. The summed E-state index contributed by atoms with van der Waals surface area (Å²) in [7, 11) is -3.86. The van der Waals surface area contributed by atoms with Gasteiger partial charge in [-0.2, -0.15) is 0 Å². The Balaban J connectivity index is 1.66. The van der Waals surface area contributed by atoms with Crippen molar-refractivity contribution in [2.24, 2.45) is 0 Å². The predicted octanol–water partition coefficient (Wildman–Crippen LogP) is 5.08. The number of halogens is 2. The molecule has 0 aromatic heterocycles. The third-order valence-electron chi connectivity index (χ3n) is 4.27. The highest BCUT2D eigenvalue weighted by atomic mass is 35.5. The van der Waals surface area contributed by atoms with E-state index in [0.717, 1.165) is 12.1 Å². The summed E-state index contributed by atoms with van der Waals surface area (Å²) in [5.74, 6) is -0.363. The van der Waals surface area contributed by atoms with E-state index in [-0.39, 0.29) is 16.5 Å². The highest BCUT2D eigenvalue weighted by molar-refractivity contribution is 7.92. The van der Waals surface area contributed by atoms with Crippen molar-refractivity contribution in [2.45, 2.75) is 24.3 Å². The Morgan fingerprint density at radius 3 is 2.29 bits per heavy atom. The number of hydrogen-bond donors (Lipinski definition) is 2. The van der Waals surface area contributed by atoms with Crippen LogP contribution in [0.2, 0.25) is 5.02 Å². The second kappa shape index (κ2) is 9.80. The van der Waals surface area contributed by atoms with Crippen LogP contribution < -0.4 is 14.8 Å². The van der Waals surface area contributed by atoms with E-state index >= 15 is 0 Å². The normalized spacial score (nSPS) is 12.1. The molecule has 0 saturated heterocycles. The minimum absolute atomic E-state index is 0.00274. The van der Waals surface area contributed by atoms with Gasteiger partial charge in [0.15, 0.2) is 6.10 Å². The molecule has 2 N–H and O–H groups in total. The molecule has 0 aliphatic carbocycles. The molecule has 0 unspecified atom stereocenters.